The fourth-order valence-corrected chi connectivity index (χ4v) is 0.996. The Kier molecular flexibility index (Phi) is 1.86. The van der Waals surface area contributed by atoms with E-state index in [2.05, 4.69) is 9.98 Å². The minimum atomic E-state index is 0.364. The van der Waals surface area contributed by atoms with Crippen LogP contribution in [0, 0.1) is 0 Å². The van der Waals surface area contributed by atoms with E-state index in [-0.39, 0.29) is 0 Å². The molecular formula is C9H8N2O. The predicted octanol–water partition coefficient (Wildman–Crippen LogP) is 1.81. The number of para-hydroxylation sites is 2. The van der Waals surface area contributed by atoms with Crippen LogP contribution in [0.25, 0.3) is 0 Å². The van der Waals surface area contributed by atoms with Gasteiger partial charge in [0.1, 0.15) is 11.4 Å². The minimum absolute atomic E-state index is 0.364. The van der Waals surface area contributed by atoms with Gasteiger partial charge in [-0.1, -0.05) is 12.1 Å². The monoisotopic (exact) mass is 160 g/mol. The highest BCUT2D eigenvalue weighted by Crippen LogP contribution is 2.26. The van der Waals surface area contributed by atoms with Crippen LogP contribution in [0.3, 0.4) is 0 Å². The van der Waals surface area contributed by atoms with Crippen molar-refractivity contribution in [1.82, 2.24) is 0 Å². The highest BCUT2D eigenvalue weighted by Gasteiger charge is 2.00. The molecule has 0 amide bonds. The standard InChI is InChI=1S/C9H8N2O/c1-2-4-9-8(3-1)11-6-5-10-7-12-9/h1-6H,7H2. The van der Waals surface area contributed by atoms with Crippen LogP contribution in [-0.2, 0) is 0 Å². The molecule has 0 aromatic heterocycles. The molecule has 0 spiro atoms. The van der Waals surface area contributed by atoms with Crippen LogP contribution in [0.15, 0.2) is 34.3 Å². The molecule has 2 rings (SSSR count). The highest BCUT2D eigenvalue weighted by molar-refractivity contribution is 6.16. The molecule has 1 aromatic rings. The van der Waals surface area contributed by atoms with Crippen molar-refractivity contribution in [2.45, 2.75) is 0 Å². The highest BCUT2D eigenvalue weighted by atomic mass is 16.5. The summed E-state index contributed by atoms with van der Waals surface area (Å²) in [7, 11) is 0. The van der Waals surface area contributed by atoms with Gasteiger partial charge in [-0.25, -0.2) is 0 Å². The van der Waals surface area contributed by atoms with Crippen molar-refractivity contribution in [1.29, 1.82) is 0 Å². The summed E-state index contributed by atoms with van der Waals surface area (Å²) in [4.78, 5) is 8.08. The summed E-state index contributed by atoms with van der Waals surface area (Å²) in [6.45, 7) is 0.364. The molecule has 0 unspecified atom stereocenters. The second-order valence-electron chi connectivity index (χ2n) is 2.35. The van der Waals surface area contributed by atoms with E-state index in [0.29, 0.717) is 6.73 Å². The molecule has 3 nitrogen and oxygen atoms in total. The summed E-state index contributed by atoms with van der Waals surface area (Å²) in [5, 5.41) is 0. The van der Waals surface area contributed by atoms with E-state index in [9.17, 15) is 0 Å². The summed E-state index contributed by atoms with van der Waals surface area (Å²) in [6, 6.07) is 7.64. The van der Waals surface area contributed by atoms with Crippen molar-refractivity contribution in [2.75, 3.05) is 6.73 Å². The van der Waals surface area contributed by atoms with E-state index in [1.807, 2.05) is 24.3 Å². The van der Waals surface area contributed by atoms with Crippen LogP contribution >= 0.6 is 0 Å². The third-order valence-corrected chi connectivity index (χ3v) is 1.55. The maximum Gasteiger partial charge on any atom is 0.179 e. The summed E-state index contributed by atoms with van der Waals surface area (Å²) in [5.41, 5.74) is 0.851. The molecule has 0 N–H and O–H groups in total. The maximum absolute atomic E-state index is 5.32. The molecule has 1 aliphatic rings. The fourth-order valence-electron chi connectivity index (χ4n) is 0.996. The van der Waals surface area contributed by atoms with Gasteiger partial charge in [-0.2, -0.15) is 0 Å². The lowest BCUT2D eigenvalue weighted by molar-refractivity contribution is 0.333. The minimum Gasteiger partial charge on any atom is -0.469 e. The molecule has 12 heavy (non-hydrogen) atoms. The molecule has 1 heterocycles. The average Bonchev–Trinajstić information content (AvgIpc) is 2.06. The van der Waals surface area contributed by atoms with Crippen LogP contribution in [0.4, 0.5) is 5.69 Å². The van der Waals surface area contributed by atoms with Gasteiger partial charge < -0.3 is 4.74 Å². The molecule has 60 valence electrons. The Hall–Kier alpha value is -1.64. The Bertz CT molecular complexity index is 331. The number of nitrogens with zero attached hydrogens (tertiary/aromatic N) is 2. The summed E-state index contributed by atoms with van der Waals surface area (Å²) in [5.74, 6) is 0.783. The SMILES string of the molecule is C1=NCOc2ccccc2N=C1. The van der Waals surface area contributed by atoms with Crippen LogP contribution in [-0.4, -0.2) is 19.2 Å². The predicted molar refractivity (Wildman–Crippen MR) is 48.6 cm³/mol. The lowest BCUT2D eigenvalue weighted by atomic mass is 10.3. The quantitative estimate of drug-likeness (QED) is 0.569. The van der Waals surface area contributed by atoms with Crippen molar-refractivity contribution in [2.24, 2.45) is 9.98 Å². The molecular weight excluding hydrogens is 152 g/mol. The van der Waals surface area contributed by atoms with Crippen LogP contribution in [0.5, 0.6) is 5.75 Å². The van der Waals surface area contributed by atoms with Gasteiger partial charge in [0.15, 0.2) is 6.73 Å². The van der Waals surface area contributed by atoms with Gasteiger partial charge in [-0.3, -0.25) is 9.98 Å². The first-order valence-corrected chi connectivity index (χ1v) is 3.71. The maximum atomic E-state index is 5.32. The molecule has 0 saturated heterocycles. The molecule has 0 saturated carbocycles. The Morgan fingerprint density at radius 3 is 3.08 bits per heavy atom. The molecule has 0 radical (unpaired) electrons. The number of rotatable bonds is 0. The van der Waals surface area contributed by atoms with Gasteiger partial charge in [0.05, 0.1) is 0 Å². The van der Waals surface area contributed by atoms with Crippen LogP contribution in [0.2, 0.25) is 0 Å². The Morgan fingerprint density at radius 2 is 2.08 bits per heavy atom. The number of hydrogen-bond acceptors (Lipinski definition) is 3. The first-order chi connectivity index (χ1) is 5.97. The van der Waals surface area contributed by atoms with Gasteiger partial charge in [0, 0.05) is 12.4 Å². The molecule has 3 heteroatoms. The first kappa shape index (κ1) is 7.03. The van der Waals surface area contributed by atoms with Crippen molar-refractivity contribution < 1.29 is 4.74 Å². The number of aliphatic imine (C=N–C) groups is 2. The molecule has 0 aliphatic carbocycles. The zero-order chi connectivity index (χ0) is 8.23. The summed E-state index contributed by atoms with van der Waals surface area (Å²) >= 11 is 0. The van der Waals surface area contributed by atoms with Crippen molar-refractivity contribution in [3.63, 3.8) is 0 Å². The largest absolute Gasteiger partial charge is 0.469 e. The summed E-state index contributed by atoms with van der Waals surface area (Å²) < 4.78 is 5.32. The fraction of sp³-hybridized carbons (Fsp3) is 0.111. The van der Waals surface area contributed by atoms with E-state index < -0.39 is 0 Å². The van der Waals surface area contributed by atoms with Crippen molar-refractivity contribution in [3.05, 3.63) is 24.3 Å². The van der Waals surface area contributed by atoms with Crippen LogP contribution < -0.4 is 4.74 Å². The second-order valence-corrected chi connectivity index (χ2v) is 2.35. The molecule has 0 bridgehead atoms. The van der Waals surface area contributed by atoms with Gasteiger partial charge >= 0.3 is 0 Å². The van der Waals surface area contributed by atoms with E-state index >= 15 is 0 Å². The van der Waals surface area contributed by atoms with E-state index in [1.165, 1.54) is 0 Å². The van der Waals surface area contributed by atoms with Crippen molar-refractivity contribution >= 4 is 18.1 Å². The normalized spacial score (nSPS) is 14.3. The number of ether oxygens (including phenoxy) is 1. The van der Waals surface area contributed by atoms with E-state index in [4.69, 9.17) is 4.74 Å². The number of benzene rings is 1. The van der Waals surface area contributed by atoms with Gasteiger partial charge in [0.25, 0.3) is 0 Å². The van der Waals surface area contributed by atoms with Crippen LogP contribution in [0.1, 0.15) is 0 Å². The first-order valence-electron chi connectivity index (χ1n) is 3.71. The Balaban J connectivity index is 2.43. The van der Waals surface area contributed by atoms with Gasteiger partial charge in [-0.05, 0) is 12.1 Å². The Morgan fingerprint density at radius 1 is 1.17 bits per heavy atom. The molecule has 1 aromatic carbocycles. The number of fused-ring (bicyclic) bond motifs is 1. The Labute approximate surface area is 70.4 Å². The topological polar surface area (TPSA) is 34.0 Å². The molecule has 1 aliphatic heterocycles. The van der Waals surface area contributed by atoms with E-state index in [0.717, 1.165) is 11.4 Å². The third-order valence-electron chi connectivity index (χ3n) is 1.55. The van der Waals surface area contributed by atoms with Crippen molar-refractivity contribution in [3.8, 4) is 5.75 Å². The number of hydrogen-bond donors (Lipinski definition) is 0. The molecule has 0 fully saturated rings. The lowest BCUT2D eigenvalue weighted by Gasteiger charge is -2.06. The second kappa shape index (κ2) is 3.17. The van der Waals surface area contributed by atoms with Gasteiger partial charge in [-0.15, -0.1) is 0 Å². The zero-order valence-corrected chi connectivity index (χ0v) is 6.47. The van der Waals surface area contributed by atoms with Gasteiger partial charge in [0.2, 0.25) is 0 Å². The summed E-state index contributed by atoms with van der Waals surface area (Å²) in [6.07, 6.45) is 3.30. The smallest absolute Gasteiger partial charge is 0.179 e. The zero-order valence-electron chi connectivity index (χ0n) is 6.47. The third kappa shape index (κ3) is 1.34. The van der Waals surface area contributed by atoms with E-state index in [1.54, 1.807) is 12.4 Å². The lowest BCUT2D eigenvalue weighted by Crippen LogP contribution is -1.97. The molecule has 0 atom stereocenters. The average molecular weight is 160 g/mol.